The third-order valence-electron chi connectivity index (χ3n) is 8.69. The van der Waals surface area contributed by atoms with Crippen molar-refractivity contribution in [2.24, 2.45) is 5.92 Å². The molecule has 2 aliphatic rings. The predicted molar refractivity (Wildman–Crippen MR) is 164 cm³/mol. The summed E-state index contributed by atoms with van der Waals surface area (Å²) in [7, 11) is 1.50. The van der Waals surface area contributed by atoms with Crippen LogP contribution in [0.3, 0.4) is 0 Å². The van der Waals surface area contributed by atoms with E-state index in [0.29, 0.717) is 26.4 Å². The fourth-order valence-electron chi connectivity index (χ4n) is 6.06. The van der Waals surface area contributed by atoms with Crippen molar-refractivity contribution in [1.29, 1.82) is 0 Å². The molecular formula is C35H45NO8. The number of hydrogen-bond donors (Lipinski definition) is 3. The van der Waals surface area contributed by atoms with Gasteiger partial charge in [-0.05, 0) is 16.7 Å². The summed E-state index contributed by atoms with van der Waals surface area (Å²) in [6.07, 6.45) is -6.17. The SMILES string of the molecule is CO[C@H]1O[C@H](CN2C[C@H](OCc3ccccc3)[C@@H](O)[C@@H](C)[C@H]2COCc2ccccc2)[C@H](O)[C@H](O)[C@H]1OCc1ccccc1. The van der Waals surface area contributed by atoms with Gasteiger partial charge >= 0.3 is 0 Å². The van der Waals surface area contributed by atoms with Gasteiger partial charge < -0.3 is 39.0 Å². The van der Waals surface area contributed by atoms with Crippen LogP contribution < -0.4 is 0 Å². The van der Waals surface area contributed by atoms with Crippen LogP contribution in [0.2, 0.25) is 0 Å². The monoisotopic (exact) mass is 607 g/mol. The molecule has 44 heavy (non-hydrogen) atoms. The largest absolute Gasteiger partial charge is 0.390 e. The highest BCUT2D eigenvalue weighted by atomic mass is 16.7. The average molecular weight is 608 g/mol. The number of ether oxygens (including phenoxy) is 5. The number of methoxy groups -OCH3 is 1. The van der Waals surface area contributed by atoms with Gasteiger partial charge in [-0.3, -0.25) is 4.90 Å². The zero-order valence-electron chi connectivity index (χ0n) is 25.4. The average Bonchev–Trinajstić information content (AvgIpc) is 3.06. The third-order valence-corrected chi connectivity index (χ3v) is 8.69. The van der Waals surface area contributed by atoms with Crippen molar-refractivity contribution in [2.75, 3.05) is 26.8 Å². The van der Waals surface area contributed by atoms with Crippen molar-refractivity contribution < 1.29 is 39.0 Å². The molecule has 0 aliphatic carbocycles. The summed E-state index contributed by atoms with van der Waals surface area (Å²) in [5.74, 6) is -0.203. The van der Waals surface area contributed by atoms with Gasteiger partial charge in [0.15, 0.2) is 6.29 Å². The minimum atomic E-state index is -1.23. The van der Waals surface area contributed by atoms with Crippen LogP contribution in [-0.2, 0) is 43.5 Å². The van der Waals surface area contributed by atoms with Gasteiger partial charge in [0.25, 0.3) is 0 Å². The summed E-state index contributed by atoms with van der Waals surface area (Å²) in [4.78, 5) is 2.14. The lowest BCUT2D eigenvalue weighted by Crippen LogP contribution is -2.65. The Labute approximate surface area is 259 Å². The van der Waals surface area contributed by atoms with Crippen molar-refractivity contribution in [3.05, 3.63) is 108 Å². The number of likely N-dealkylation sites (tertiary alicyclic amines) is 1. The molecule has 238 valence electrons. The maximum absolute atomic E-state index is 11.3. The maximum Gasteiger partial charge on any atom is 0.186 e. The van der Waals surface area contributed by atoms with Crippen molar-refractivity contribution in [2.45, 2.75) is 75.7 Å². The second-order valence-electron chi connectivity index (χ2n) is 11.7. The summed E-state index contributed by atoms with van der Waals surface area (Å²) < 4.78 is 30.2. The highest BCUT2D eigenvalue weighted by Gasteiger charge is 2.48. The lowest BCUT2D eigenvalue weighted by molar-refractivity contribution is -0.305. The van der Waals surface area contributed by atoms with E-state index >= 15 is 0 Å². The molecule has 0 saturated carbocycles. The molecule has 0 amide bonds. The van der Waals surface area contributed by atoms with Gasteiger partial charge in [0.1, 0.15) is 24.4 Å². The Hall–Kier alpha value is -2.70. The standard InChI is InChI=1S/C35H45NO8/c1-24-28(23-41-20-25-12-6-3-7-13-25)36(18-29(31(24)37)42-21-26-14-8-4-9-15-26)19-30-32(38)33(39)34(35(40-2)44-30)43-22-27-16-10-5-11-17-27/h3-17,24,28-35,37-39H,18-23H2,1-2H3/t24-,28+,29-,30+,31-,32-,33-,34+,35-/m0/s1. The highest BCUT2D eigenvalue weighted by molar-refractivity contribution is 5.15. The zero-order chi connectivity index (χ0) is 30.9. The van der Waals surface area contributed by atoms with Gasteiger partial charge in [0.05, 0.1) is 38.6 Å². The number of aliphatic hydroxyl groups excluding tert-OH is 3. The van der Waals surface area contributed by atoms with E-state index in [1.54, 1.807) is 0 Å². The van der Waals surface area contributed by atoms with E-state index in [0.717, 1.165) is 16.7 Å². The molecule has 9 atom stereocenters. The molecule has 2 heterocycles. The number of nitrogens with zero attached hydrogens (tertiary/aromatic N) is 1. The number of benzene rings is 3. The molecule has 0 bridgehead atoms. The first-order valence-electron chi connectivity index (χ1n) is 15.3. The van der Waals surface area contributed by atoms with Gasteiger partial charge in [-0.2, -0.15) is 0 Å². The van der Waals surface area contributed by atoms with Gasteiger partial charge in [0.2, 0.25) is 0 Å². The van der Waals surface area contributed by atoms with E-state index in [-0.39, 0.29) is 25.1 Å². The van der Waals surface area contributed by atoms with Crippen LogP contribution in [0.4, 0.5) is 0 Å². The number of rotatable bonds is 13. The van der Waals surface area contributed by atoms with Gasteiger partial charge in [-0.15, -0.1) is 0 Å². The molecule has 0 aromatic heterocycles. The van der Waals surface area contributed by atoms with E-state index < -0.39 is 42.9 Å². The van der Waals surface area contributed by atoms with Gasteiger partial charge in [-0.25, -0.2) is 0 Å². The lowest BCUT2D eigenvalue weighted by atomic mass is 9.85. The molecule has 2 fully saturated rings. The van der Waals surface area contributed by atoms with Crippen LogP contribution in [-0.4, -0.2) is 96.0 Å². The summed E-state index contributed by atoms with van der Waals surface area (Å²) in [5.41, 5.74) is 3.02. The fraction of sp³-hybridized carbons (Fsp3) is 0.486. The van der Waals surface area contributed by atoms with Crippen molar-refractivity contribution in [1.82, 2.24) is 4.90 Å². The molecule has 0 spiro atoms. The molecule has 3 aromatic carbocycles. The summed E-state index contributed by atoms with van der Waals surface area (Å²) in [6, 6.07) is 29.2. The van der Waals surface area contributed by atoms with Crippen LogP contribution in [0.25, 0.3) is 0 Å². The van der Waals surface area contributed by atoms with E-state index in [1.165, 1.54) is 7.11 Å². The Balaban J connectivity index is 1.28. The van der Waals surface area contributed by atoms with Crippen molar-refractivity contribution in [3.63, 3.8) is 0 Å². The van der Waals surface area contributed by atoms with Gasteiger partial charge in [0, 0.05) is 32.2 Å². The zero-order valence-corrected chi connectivity index (χ0v) is 25.4. The van der Waals surface area contributed by atoms with E-state index in [9.17, 15) is 15.3 Å². The smallest absolute Gasteiger partial charge is 0.186 e. The first-order chi connectivity index (χ1) is 21.4. The van der Waals surface area contributed by atoms with Crippen LogP contribution in [0.15, 0.2) is 91.0 Å². The number of aliphatic hydroxyl groups is 3. The molecule has 2 saturated heterocycles. The van der Waals surface area contributed by atoms with Gasteiger partial charge in [-0.1, -0.05) is 97.9 Å². The lowest BCUT2D eigenvalue weighted by Gasteiger charge is -2.49. The third kappa shape index (κ3) is 8.31. The topological polar surface area (TPSA) is 110 Å². The van der Waals surface area contributed by atoms with Crippen LogP contribution in [0.1, 0.15) is 23.6 Å². The molecule has 9 nitrogen and oxygen atoms in total. The van der Waals surface area contributed by atoms with E-state index in [2.05, 4.69) is 4.90 Å². The van der Waals surface area contributed by atoms with Crippen LogP contribution >= 0.6 is 0 Å². The second kappa shape index (κ2) is 16.0. The first kappa shape index (κ1) is 32.7. The first-order valence-corrected chi connectivity index (χ1v) is 15.3. The molecule has 5 rings (SSSR count). The fourth-order valence-corrected chi connectivity index (χ4v) is 6.06. The minimum absolute atomic E-state index is 0.189. The quantitative estimate of drug-likeness (QED) is 0.270. The van der Waals surface area contributed by atoms with Crippen molar-refractivity contribution in [3.8, 4) is 0 Å². The predicted octanol–water partition coefficient (Wildman–Crippen LogP) is 3.15. The Kier molecular flexibility index (Phi) is 11.9. The summed E-state index contributed by atoms with van der Waals surface area (Å²) >= 11 is 0. The Morgan fingerprint density at radius 3 is 1.84 bits per heavy atom. The molecule has 9 heteroatoms. The second-order valence-corrected chi connectivity index (χ2v) is 11.7. The summed E-state index contributed by atoms with van der Waals surface area (Å²) in [6.45, 7) is 4.06. The molecule has 3 N–H and O–H groups in total. The number of hydrogen-bond acceptors (Lipinski definition) is 9. The van der Waals surface area contributed by atoms with E-state index in [4.69, 9.17) is 23.7 Å². The Morgan fingerprint density at radius 2 is 1.27 bits per heavy atom. The van der Waals surface area contributed by atoms with E-state index in [1.807, 2.05) is 97.9 Å². The molecule has 0 unspecified atom stereocenters. The minimum Gasteiger partial charge on any atom is -0.390 e. The maximum atomic E-state index is 11.3. The van der Waals surface area contributed by atoms with Crippen LogP contribution in [0.5, 0.6) is 0 Å². The normalized spacial score (nSPS) is 31.2. The summed E-state index contributed by atoms with van der Waals surface area (Å²) in [5, 5.41) is 33.7. The molecule has 3 aromatic rings. The number of piperidine rings is 1. The molecule has 0 radical (unpaired) electrons. The Bertz CT molecular complexity index is 1230. The van der Waals surface area contributed by atoms with Crippen LogP contribution in [0, 0.1) is 5.92 Å². The Morgan fingerprint density at radius 1 is 0.727 bits per heavy atom. The molecule has 2 aliphatic heterocycles. The molecular weight excluding hydrogens is 562 g/mol. The highest BCUT2D eigenvalue weighted by Crippen LogP contribution is 2.31. The van der Waals surface area contributed by atoms with Crippen molar-refractivity contribution >= 4 is 0 Å².